The molecule has 1 amide bonds. The Morgan fingerprint density at radius 1 is 1.22 bits per heavy atom. The maximum absolute atomic E-state index is 10.8. The highest BCUT2D eigenvalue weighted by atomic mass is 16.4. The first-order chi connectivity index (χ1) is 8.58. The van der Waals surface area contributed by atoms with Crippen LogP contribution >= 0.6 is 0 Å². The number of amides is 1. The van der Waals surface area contributed by atoms with Crippen molar-refractivity contribution in [2.45, 2.75) is 18.8 Å². The number of piperidine rings is 1. The zero-order chi connectivity index (χ0) is 13.1. The molecule has 0 radical (unpaired) electrons. The van der Waals surface area contributed by atoms with Gasteiger partial charge in [-0.3, -0.25) is 0 Å². The van der Waals surface area contributed by atoms with E-state index in [4.69, 9.17) is 5.11 Å². The molecule has 0 aliphatic carbocycles. The number of hydrogen-bond donors (Lipinski definition) is 1. The van der Waals surface area contributed by atoms with Crippen LogP contribution in [0.3, 0.4) is 0 Å². The van der Waals surface area contributed by atoms with Gasteiger partial charge in [-0.05, 0) is 36.5 Å². The lowest BCUT2D eigenvalue weighted by Gasteiger charge is -2.30. The molecule has 1 N–H and O–H groups in total. The molecule has 2 rings (SSSR count). The van der Waals surface area contributed by atoms with Crippen LogP contribution in [0.5, 0.6) is 0 Å². The predicted octanol–water partition coefficient (Wildman–Crippen LogP) is 2.61. The Kier molecular flexibility index (Phi) is 3.75. The van der Waals surface area contributed by atoms with E-state index in [-0.39, 0.29) is 0 Å². The summed E-state index contributed by atoms with van der Waals surface area (Å²) in [6.07, 6.45) is 1.05. The van der Waals surface area contributed by atoms with Crippen LogP contribution in [0.2, 0.25) is 0 Å². The summed E-state index contributed by atoms with van der Waals surface area (Å²) in [7, 11) is 4.06. The molecule has 4 nitrogen and oxygen atoms in total. The Hall–Kier alpha value is -1.71. The van der Waals surface area contributed by atoms with Gasteiger partial charge in [0.15, 0.2) is 0 Å². The van der Waals surface area contributed by atoms with Crippen molar-refractivity contribution in [3.63, 3.8) is 0 Å². The van der Waals surface area contributed by atoms with Crippen molar-refractivity contribution >= 4 is 11.8 Å². The van der Waals surface area contributed by atoms with Gasteiger partial charge in [-0.1, -0.05) is 12.1 Å². The van der Waals surface area contributed by atoms with E-state index in [9.17, 15) is 4.79 Å². The van der Waals surface area contributed by atoms with Gasteiger partial charge in [-0.25, -0.2) is 4.79 Å². The molecule has 98 valence electrons. The summed E-state index contributed by atoms with van der Waals surface area (Å²) in [6, 6.07) is 8.57. The van der Waals surface area contributed by atoms with E-state index in [1.165, 1.54) is 16.2 Å². The Balaban J connectivity index is 1.99. The maximum atomic E-state index is 10.8. The summed E-state index contributed by atoms with van der Waals surface area (Å²) in [4.78, 5) is 14.4. The molecular formula is C14H20N2O2. The number of benzene rings is 1. The maximum Gasteiger partial charge on any atom is 0.407 e. The molecule has 1 fully saturated rings. The van der Waals surface area contributed by atoms with Gasteiger partial charge in [0.25, 0.3) is 0 Å². The Labute approximate surface area is 108 Å². The summed E-state index contributed by atoms with van der Waals surface area (Å²) in [5.74, 6) is 0.497. The molecule has 1 saturated heterocycles. The van der Waals surface area contributed by atoms with E-state index in [0.29, 0.717) is 19.0 Å². The van der Waals surface area contributed by atoms with Gasteiger partial charge in [0.05, 0.1) is 0 Å². The monoisotopic (exact) mass is 248 g/mol. The van der Waals surface area contributed by atoms with Crippen molar-refractivity contribution in [2.24, 2.45) is 0 Å². The minimum Gasteiger partial charge on any atom is -0.465 e. The van der Waals surface area contributed by atoms with Crippen molar-refractivity contribution in [1.82, 2.24) is 4.90 Å². The molecule has 0 saturated carbocycles. The van der Waals surface area contributed by atoms with Crippen LogP contribution in [0.1, 0.15) is 24.3 Å². The van der Waals surface area contributed by atoms with Gasteiger partial charge in [0.1, 0.15) is 0 Å². The molecular weight excluding hydrogens is 228 g/mol. The zero-order valence-corrected chi connectivity index (χ0v) is 11.0. The van der Waals surface area contributed by atoms with Crippen LogP contribution in [-0.4, -0.2) is 43.3 Å². The summed E-state index contributed by atoms with van der Waals surface area (Å²) < 4.78 is 0. The normalized spacial score (nSPS) is 16.7. The van der Waals surface area contributed by atoms with Crippen LogP contribution in [-0.2, 0) is 0 Å². The minimum atomic E-state index is -0.795. The molecule has 18 heavy (non-hydrogen) atoms. The lowest BCUT2D eigenvalue weighted by atomic mass is 9.89. The van der Waals surface area contributed by atoms with Gasteiger partial charge in [0.2, 0.25) is 0 Å². The predicted molar refractivity (Wildman–Crippen MR) is 72.3 cm³/mol. The Bertz CT molecular complexity index is 406. The SMILES string of the molecule is CN(C)c1ccc(C2CCN(C(=O)O)CC2)cc1. The van der Waals surface area contributed by atoms with Crippen molar-refractivity contribution in [1.29, 1.82) is 0 Å². The minimum absolute atomic E-state index is 0.497. The lowest BCUT2D eigenvalue weighted by molar-refractivity contribution is 0.132. The van der Waals surface area contributed by atoms with E-state index >= 15 is 0 Å². The second-order valence-electron chi connectivity index (χ2n) is 5.03. The molecule has 1 aromatic rings. The first-order valence-corrected chi connectivity index (χ1v) is 6.33. The fraction of sp³-hybridized carbons (Fsp3) is 0.500. The number of rotatable bonds is 2. The molecule has 0 aromatic heterocycles. The van der Waals surface area contributed by atoms with Crippen LogP contribution in [0, 0.1) is 0 Å². The van der Waals surface area contributed by atoms with Crippen LogP contribution < -0.4 is 4.90 Å². The number of nitrogens with zero attached hydrogens (tertiary/aromatic N) is 2. The molecule has 1 aromatic carbocycles. The molecule has 0 spiro atoms. The van der Waals surface area contributed by atoms with Gasteiger partial charge in [-0.2, -0.15) is 0 Å². The molecule has 1 aliphatic heterocycles. The summed E-state index contributed by atoms with van der Waals surface area (Å²) in [5.41, 5.74) is 2.52. The standard InChI is InChI=1S/C14H20N2O2/c1-15(2)13-5-3-11(4-6-13)12-7-9-16(10-8-12)14(17)18/h3-6,12H,7-10H2,1-2H3,(H,17,18). The van der Waals surface area contributed by atoms with Crippen molar-refractivity contribution in [2.75, 3.05) is 32.1 Å². The van der Waals surface area contributed by atoms with E-state index < -0.39 is 6.09 Å². The number of carboxylic acid groups (broad SMARTS) is 1. The second kappa shape index (κ2) is 5.29. The fourth-order valence-corrected chi connectivity index (χ4v) is 2.45. The van der Waals surface area contributed by atoms with E-state index in [0.717, 1.165) is 12.8 Å². The highest BCUT2D eigenvalue weighted by molar-refractivity contribution is 5.65. The van der Waals surface area contributed by atoms with Crippen LogP contribution in [0.25, 0.3) is 0 Å². The van der Waals surface area contributed by atoms with E-state index in [1.807, 2.05) is 14.1 Å². The number of likely N-dealkylation sites (tertiary alicyclic amines) is 1. The van der Waals surface area contributed by atoms with Crippen molar-refractivity contribution in [3.8, 4) is 0 Å². The lowest BCUT2D eigenvalue weighted by Crippen LogP contribution is -2.36. The number of carbonyl (C=O) groups is 1. The van der Waals surface area contributed by atoms with Gasteiger partial charge in [-0.15, -0.1) is 0 Å². The van der Waals surface area contributed by atoms with Crippen molar-refractivity contribution < 1.29 is 9.90 Å². The molecule has 0 bridgehead atoms. The Morgan fingerprint density at radius 3 is 2.22 bits per heavy atom. The zero-order valence-electron chi connectivity index (χ0n) is 11.0. The topological polar surface area (TPSA) is 43.8 Å². The van der Waals surface area contributed by atoms with Gasteiger partial charge >= 0.3 is 6.09 Å². The molecule has 1 aliphatic rings. The molecule has 0 atom stereocenters. The number of hydrogen-bond acceptors (Lipinski definition) is 2. The smallest absolute Gasteiger partial charge is 0.407 e. The largest absolute Gasteiger partial charge is 0.465 e. The third-order valence-electron chi connectivity index (χ3n) is 3.65. The quantitative estimate of drug-likeness (QED) is 0.875. The fourth-order valence-electron chi connectivity index (χ4n) is 2.45. The second-order valence-corrected chi connectivity index (χ2v) is 5.03. The first-order valence-electron chi connectivity index (χ1n) is 6.33. The first kappa shape index (κ1) is 12.7. The average molecular weight is 248 g/mol. The van der Waals surface area contributed by atoms with Crippen LogP contribution in [0.4, 0.5) is 10.5 Å². The van der Waals surface area contributed by atoms with E-state index in [2.05, 4.69) is 29.2 Å². The molecule has 4 heteroatoms. The third kappa shape index (κ3) is 2.75. The highest BCUT2D eigenvalue weighted by Gasteiger charge is 2.23. The highest BCUT2D eigenvalue weighted by Crippen LogP contribution is 2.29. The van der Waals surface area contributed by atoms with Gasteiger partial charge < -0.3 is 14.9 Å². The third-order valence-corrected chi connectivity index (χ3v) is 3.65. The summed E-state index contributed by atoms with van der Waals surface area (Å²) >= 11 is 0. The summed E-state index contributed by atoms with van der Waals surface area (Å²) in [5, 5.41) is 8.91. The van der Waals surface area contributed by atoms with Crippen LogP contribution in [0.15, 0.2) is 24.3 Å². The summed E-state index contributed by atoms with van der Waals surface area (Å²) in [6.45, 7) is 1.30. The van der Waals surface area contributed by atoms with Crippen molar-refractivity contribution in [3.05, 3.63) is 29.8 Å². The Morgan fingerprint density at radius 2 is 1.78 bits per heavy atom. The van der Waals surface area contributed by atoms with E-state index in [1.54, 1.807) is 0 Å². The number of anilines is 1. The molecule has 1 heterocycles. The molecule has 0 unspecified atom stereocenters. The van der Waals surface area contributed by atoms with Gasteiger partial charge in [0, 0.05) is 32.9 Å². The average Bonchev–Trinajstić information content (AvgIpc) is 2.39.